The average Bonchev–Trinajstić information content (AvgIpc) is 2.97. The number of rotatable bonds is 5. The Labute approximate surface area is 240 Å². The molecule has 7 nitrogen and oxygen atoms in total. The van der Waals surface area contributed by atoms with Crippen molar-refractivity contribution in [3.8, 4) is 6.07 Å². The Morgan fingerprint density at radius 3 is 2.46 bits per heavy atom. The SMILES string of the molecule is Cc1ccc(C2c3ccccc3NC(=O)N2C(=O)NCC2CN(C3CCC(c4ccccc4C#N)CC3)C2)cc1F. The Bertz CT molecular complexity index is 1500. The maximum atomic E-state index is 14.5. The molecule has 0 radical (unpaired) electrons. The summed E-state index contributed by atoms with van der Waals surface area (Å²) >= 11 is 0. The van der Waals surface area contributed by atoms with E-state index in [2.05, 4.69) is 27.7 Å². The van der Waals surface area contributed by atoms with Crippen molar-refractivity contribution in [3.63, 3.8) is 0 Å². The predicted octanol–water partition coefficient (Wildman–Crippen LogP) is 6.31. The molecule has 41 heavy (non-hydrogen) atoms. The Morgan fingerprint density at radius 2 is 1.73 bits per heavy atom. The molecule has 3 aromatic rings. The van der Waals surface area contributed by atoms with E-state index < -0.39 is 18.1 Å². The number of hydrogen-bond acceptors (Lipinski definition) is 4. The lowest BCUT2D eigenvalue weighted by Gasteiger charge is -2.47. The summed E-state index contributed by atoms with van der Waals surface area (Å²) in [6, 6.07) is 21.2. The van der Waals surface area contributed by atoms with Crippen LogP contribution in [0.2, 0.25) is 0 Å². The number of amides is 4. The van der Waals surface area contributed by atoms with Gasteiger partial charge in [-0.1, -0.05) is 48.5 Å². The van der Waals surface area contributed by atoms with E-state index in [-0.39, 0.29) is 5.82 Å². The number of fused-ring (bicyclic) bond motifs is 1. The zero-order valence-electron chi connectivity index (χ0n) is 23.1. The minimum atomic E-state index is -0.728. The topological polar surface area (TPSA) is 88.5 Å². The van der Waals surface area contributed by atoms with Gasteiger partial charge in [-0.05, 0) is 73.4 Å². The number of carbonyl (C=O) groups is 2. The van der Waals surface area contributed by atoms with Gasteiger partial charge in [-0.3, -0.25) is 4.90 Å². The zero-order valence-corrected chi connectivity index (χ0v) is 23.1. The van der Waals surface area contributed by atoms with Gasteiger partial charge in [-0.15, -0.1) is 0 Å². The molecule has 1 unspecified atom stereocenters. The van der Waals surface area contributed by atoms with Crippen LogP contribution in [0.5, 0.6) is 0 Å². The monoisotopic (exact) mass is 551 g/mol. The number of nitrogens with zero attached hydrogens (tertiary/aromatic N) is 3. The first-order valence-corrected chi connectivity index (χ1v) is 14.4. The first-order valence-electron chi connectivity index (χ1n) is 14.4. The van der Waals surface area contributed by atoms with Gasteiger partial charge in [0, 0.05) is 42.8 Å². The highest BCUT2D eigenvalue weighted by atomic mass is 19.1. The van der Waals surface area contributed by atoms with E-state index in [1.54, 1.807) is 25.1 Å². The molecule has 210 valence electrons. The van der Waals surface area contributed by atoms with Crippen LogP contribution in [-0.2, 0) is 0 Å². The minimum Gasteiger partial charge on any atom is -0.337 e. The summed E-state index contributed by atoms with van der Waals surface area (Å²) in [6.07, 6.45) is 4.36. The molecule has 3 aliphatic rings. The van der Waals surface area contributed by atoms with Crippen molar-refractivity contribution >= 4 is 17.7 Å². The molecule has 1 atom stereocenters. The number of likely N-dealkylation sites (tertiary alicyclic amines) is 1. The standard InChI is InChI=1S/C33H34FN5O2/c1-21-10-11-24(16-29(21)34)31-28-8-4-5-9-30(28)37-33(41)39(31)32(40)36-18-22-19-38(20-22)26-14-12-23(13-15-26)27-7-3-2-6-25(27)17-35/h2-11,16,22-23,26,31H,12-15,18-20H2,1H3,(H,36,40)(H,37,41). The number of nitrogens with one attached hydrogen (secondary N) is 2. The number of nitriles is 1. The number of benzene rings is 3. The van der Waals surface area contributed by atoms with Crippen molar-refractivity contribution in [2.24, 2.45) is 5.92 Å². The van der Waals surface area contributed by atoms with Gasteiger partial charge in [0.25, 0.3) is 0 Å². The number of imide groups is 1. The second kappa shape index (κ2) is 11.3. The summed E-state index contributed by atoms with van der Waals surface area (Å²) in [7, 11) is 0. The predicted molar refractivity (Wildman–Crippen MR) is 155 cm³/mol. The molecular weight excluding hydrogens is 517 g/mol. The van der Waals surface area contributed by atoms with Crippen molar-refractivity contribution in [2.45, 2.75) is 50.6 Å². The number of urea groups is 2. The number of hydrogen-bond donors (Lipinski definition) is 2. The van der Waals surface area contributed by atoms with E-state index in [1.807, 2.05) is 36.4 Å². The van der Waals surface area contributed by atoms with Gasteiger partial charge in [0.2, 0.25) is 0 Å². The van der Waals surface area contributed by atoms with Gasteiger partial charge >= 0.3 is 12.1 Å². The summed E-state index contributed by atoms with van der Waals surface area (Å²) in [5.41, 5.74) is 4.38. The highest BCUT2D eigenvalue weighted by Crippen LogP contribution is 2.39. The van der Waals surface area contributed by atoms with Crippen LogP contribution >= 0.6 is 0 Å². The quantitative estimate of drug-likeness (QED) is 0.389. The molecule has 0 bridgehead atoms. The maximum absolute atomic E-state index is 14.5. The first-order chi connectivity index (χ1) is 19.9. The van der Waals surface area contributed by atoms with Gasteiger partial charge in [0.05, 0.1) is 17.7 Å². The average molecular weight is 552 g/mol. The number of halogens is 1. The maximum Gasteiger partial charge on any atom is 0.330 e. The molecule has 4 amide bonds. The van der Waals surface area contributed by atoms with Crippen LogP contribution in [0.1, 0.15) is 65.5 Å². The second-order valence-corrected chi connectivity index (χ2v) is 11.5. The lowest BCUT2D eigenvalue weighted by molar-refractivity contribution is 0.0334. The van der Waals surface area contributed by atoms with Crippen molar-refractivity contribution in [1.29, 1.82) is 5.26 Å². The minimum absolute atomic E-state index is 0.311. The summed E-state index contributed by atoms with van der Waals surface area (Å²) in [6.45, 7) is 3.98. The molecule has 2 fully saturated rings. The van der Waals surface area contributed by atoms with E-state index in [4.69, 9.17) is 0 Å². The third kappa shape index (κ3) is 5.30. The number of aryl methyl sites for hydroxylation is 1. The van der Waals surface area contributed by atoms with Gasteiger partial charge in [0.1, 0.15) is 5.82 Å². The van der Waals surface area contributed by atoms with Gasteiger partial charge in [-0.2, -0.15) is 5.26 Å². The van der Waals surface area contributed by atoms with E-state index in [9.17, 15) is 19.2 Å². The molecule has 0 aromatic heterocycles. The molecule has 2 aliphatic heterocycles. The van der Waals surface area contributed by atoms with Crippen molar-refractivity contribution < 1.29 is 14.0 Å². The molecule has 2 N–H and O–H groups in total. The largest absolute Gasteiger partial charge is 0.337 e. The number of carbonyl (C=O) groups excluding carboxylic acids is 2. The van der Waals surface area contributed by atoms with Gasteiger partial charge in [0.15, 0.2) is 0 Å². The zero-order chi connectivity index (χ0) is 28.5. The van der Waals surface area contributed by atoms with E-state index in [1.165, 1.54) is 16.5 Å². The summed E-state index contributed by atoms with van der Waals surface area (Å²) < 4.78 is 14.5. The smallest absolute Gasteiger partial charge is 0.330 e. The van der Waals surface area contributed by atoms with Crippen LogP contribution in [0.3, 0.4) is 0 Å². The molecule has 1 saturated carbocycles. The van der Waals surface area contributed by atoms with Gasteiger partial charge < -0.3 is 10.6 Å². The third-order valence-corrected chi connectivity index (χ3v) is 8.97. The Kier molecular flexibility index (Phi) is 7.46. The first kappa shape index (κ1) is 27.0. The fourth-order valence-electron chi connectivity index (χ4n) is 6.66. The highest BCUT2D eigenvalue weighted by Gasteiger charge is 2.39. The fourth-order valence-corrected chi connectivity index (χ4v) is 6.66. The molecule has 3 aromatic carbocycles. The molecule has 8 heteroatoms. The molecular formula is C33H34FN5O2. The lowest BCUT2D eigenvalue weighted by atomic mass is 9.78. The Hall–Kier alpha value is -4.22. The van der Waals surface area contributed by atoms with E-state index >= 15 is 0 Å². The van der Waals surface area contributed by atoms with Crippen LogP contribution in [0, 0.1) is 30.0 Å². The second-order valence-electron chi connectivity index (χ2n) is 11.5. The lowest BCUT2D eigenvalue weighted by Crippen LogP contribution is -2.57. The highest BCUT2D eigenvalue weighted by molar-refractivity contribution is 6.04. The summed E-state index contributed by atoms with van der Waals surface area (Å²) in [4.78, 5) is 30.2. The van der Waals surface area contributed by atoms with Crippen LogP contribution in [0.25, 0.3) is 0 Å². The summed E-state index contributed by atoms with van der Waals surface area (Å²) in [5, 5.41) is 15.3. The van der Waals surface area contributed by atoms with Crippen molar-refractivity contribution in [3.05, 3.63) is 100 Å². The number of anilines is 1. The van der Waals surface area contributed by atoms with E-state index in [0.29, 0.717) is 41.2 Å². The molecule has 2 heterocycles. The van der Waals surface area contributed by atoms with Gasteiger partial charge in [-0.25, -0.2) is 18.9 Å². The van der Waals surface area contributed by atoms with Crippen molar-refractivity contribution in [1.82, 2.24) is 15.1 Å². The van der Waals surface area contributed by atoms with Crippen LogP contribution in [-0.4, -0.2) is 47.5 Å². The molecule has 1 saturated heterocycles. The van der Waals surface area contributed by atoms with Crippen molar-refractivity contribution in [2.75, 3.05) is 25.0 Å². The third-order valence-electron chi connectivity index (χ3n) is 8.97. The summed E-state index contributed by atoms with van der Waals surface area (Å²) in [5.74, 6) is 0.379. The molecule has 6 rings (SSSR count). The van der Waals surface area contributed by atoms with Crippen LogP contribution < -0.4 is 10.6 Å². The van der Waals surface area contributed by atoms with Crippen LogP contribution in [0.4, 0.5) is 19.7 Å². The Morgan fingerprint density at radius 1 is 1.02 bits per heavy atom. The normalized spacial score (nSPS) is 22.7. The molecule has 0 spiro atoms. The van der Waals surface area contributed by atoms with E-state index in [0.717, 1.165) is 49.9 Å². The molecule has 1 aliphatic carbocycles. The Balaban J connectivity index is 1.06. The fraction of sp³-hybridized carbons (Fsp3) is 0.364. The number of para-hydroxylation sites is 1. The van der Waals surface area contributed by atoms with Crippen LogP contribution in [0.15, 0.2) is 66.7 Å².